The fourth-order valence-electron chi connectivity index (χ4n) is 3.27. The van der Waals surface area contributed by atoms with Gasteiger partial charge in [-0.2, -0.15) is 16.4 Å². The Balaban J connectivity index is 1.55. The predicted octanol–water partition coefficient (Wildman–Crippen LogP) is 5.10. The van der Waals surface area contributed by atoms with E-state index in [0.29, 0.717) is 0 Å². The maximum absolute atomic E-state index is 4.95. The topological polar surface area (TPSA) is 42.7 Å². The van der Waals surface area contributed by atoms with Crippen molar-refractivity contribution in [3.8, 4) is 11.3 Å². The number of nitrogens with one attached hydrogen (secondary N) is 1. The van der Waals surface area contributed by atoms with Gasteiger partial charge in [-0.05, 0) is 60.7 Å². The number of benzene rings is 1. The summed E-state index contributed by atoms with van der Waals surface area (Å²) in [6.07, 6.45) is 1.00. The Labute approximate surface area is 171 Å². The molecule has 1 N–H and O–H groups in total. The lowest BCUT2D eigenvalue weighted by Crippen LogP contribution is -2.17. The van der Waals surface area contributed by atoms with Crippen LogP contribution in [0.2, 0.25) is 0 Å². The van der Waals surface area contributed by atoms with Gasteiger partial charge in [-0.25, -0.2) is 4.98 Å². The number of hydrogen-bond acceptors (Lipinski definition) is 4. The normalized spacial score (nSPS) is 11.4. The summed E-state index contributed by atoms with van der Waals surface area (Å²) in [7, 11) is 1.95. The third-order valence-corrected chi connectivity index (χ3v) is 5.90. The van der Waals surface area contributed by atoms with Gasteiger partial charge in [-0.1, -0.05) is 28.1 Å². The van der Waals surface area contributed by atoms with Crippen LogP contribution in [0.3, 0.4) is 0 Å². The second-order valence-electron chi connectivity index (χ2n) is 6.64. The lowest BCUT2D eigenvalue weighted by molar-refractivity contribution is 0.686. The van der Waals surface area contributed by atoms with Gasteiger partial charge < -0.3 is 5.32 Å². The van der Waals surface area contributed by atoms with Crippen LogP contribution in [0.1, 0.15) is 16.8 Å². The lowest BCUT2D eigenvalue weighted by atomic mass is 10.1. The number of halogens is 1. The van der Waals surface area contributed by atoms with Gasteiger partial charge in [0.1, 0.15) is 0 Å². The van der Waals surface area contributed by atoms with Crippen molar-refractivity contribution in [2.24, 2.45) is 7.05 Å². The molecule has 0 radical (unpaired) electrons. The predicted molar refractivity (Wildman–Crippen MR) is 116 cm³/mol. The number of fused-ring (bicyclic) bond motifs is 1. The molecule has 0 atom stereocenters. The van der Waals surface area contributed by atoms with Crippen LogP contribution in [0.15, 0.2) is 51.6 Å². The third-order valence-electron chi connectivity index (χ3n) is 4.69. The van der Waals surface area contributed by atoms with E-state index in [2.05, 4.69) is 73.5 Å². The van der Waals surface area contributed by atoms with Crippen molar-refractivity contribution in [1.29, 1.82) is 0 Å². The van der Waals surface area contributed by atoms with Crippen LogP contribution in [0.25, 0.3) is 22.3 Å². The summed E-state index contributed by atoms with van der Waals surface area (Å²) in [5.41, 5.74) is 6.72. The highest BCUT2D eigenvalue weighted by Gasteiger charge is 2.14. The molecule has 1 aromatic carbocycles. The smallest absolute Gasteiger partial charge is 0.158 e. The monoisotopic (exact) mass is 440 g/mol. The first kappa shape index (κ1) is 18.3. The summed E-state index contributed by atoms with van der Waals surface area (Å²) in [5, 5.41) is 13.5. The summed E-state index contributed by atoms with van der Waals surface area (Å²) < 4.78 is 2.98. The summed E-state index contributed by atoms with van der Waals surface area (Å²) in [4.78, 5) is 4.95. The van der Waals surface area contributed by atoms with Crippen LogP contribution in [0, 0.1) is 6.92 Å². The Kier molecular flexibility index (Phi) is 5.38. The zero-order chi connectivity index (χ0) is 18.8. The Hall–Kier alpha value is -2.02. The van der Waals surface area contributed by atoms with Gasteiger partial charge in [0.05, 0.1) is 11.4 Å². The highest BCUT2D eigenvalue weighted by atomic mass is 79.9. The first-order chi connectivity index (χ1) is 13.1. The average Bonchev–Trinajstić information content (AvgIpc) is 3.28. The van der Waals surface area contributed by atoms with E-state index >= 15 is 0 Å². The first-order valence-electron chi connectivity index (χ1n) is 8.93. The minimum absolute atomic E-state index is 0.791. The number of rotatable bonds is 6. The molecule has 0 amide bonds. The van der Waals surface area contributed by atoms with Crippen molar-refractivity contribution in [1.82, 2.24) is 20.1 Å². The fourth-order valence-corrected chi connectivity index (χ4v) is 4.18. The summed E-state index contributed by atoms with van der Waals surface area (Å²) >= 11 is 5.18. The zero-order valence-electron chi connectivity index (χ0n) is 15.4. The molecule has 0 saturated carbocycles. The molecule has 3 aromatic heterocycles. The minimum Gasteiger partial charge on any atom is -0.312 e. The minimum atomic E-state index is 0.791. The Morgan fingerprint density at radius 1 is 1.19 bits per heavy atom. The molecule has 6 heteroatoms. The SMILES string of the molecule is Cc1nn(C)c2nc(-c3ccsc3)c(CNCCc3ccc(Br)cc3)cc12. The quantitative estimate of drug-likeness (QED) is 0.424. The van der Waals surface area contributed by atoms with Gasteiger partial charge in [0.2, 0.25) is 0 Å². The molecular formula is C21H21BrN4S. The Bertz CT molecular complexity index is 1050. The van der Waals surface area contributed by atoms with Crippen molar-refractivity contribution in [2.45, 2.75) is 19.9 Å². The van der Waals surface area contributed by atoms with E-state index in [0.717, 1.165) is 46.4 Å². The second-order valence-corrected chi connectivity index (χ2v) is 8.34. The Morgan fingerprint density at radius 2 is 2.00 bits per heavy atom. The number of nitrogens with zero attached hydrogens (tertiary/aromatic N) is 3. The van der Waals surface area contributed by atoms with E-state index in [1.165, 1.54) is 16.7 Å². The maximum atomic E-state index is 4.95. The van der Waals surface area contributed by atoms with Crippen LogP contribution in [-0.4, -0.2) is 21.3 Å². The van der Waals surface area contributed by atoms with Crippen molar-refractivity contribution >= 4 is 38.3 Å². The van der Waals surface area contributed by atoms with E-state index in [4.69, 9.17) is 4.98 Å². The second kappa shape index (κ2) is 7.92. The van der Waals surface area contributed by atoms with Gasteiger partial charge in [-0.3, -0.25) is 4.68 Å². The molecule has 27 heavy (non-hydrogen) atoms. The summed E-state index contributed by atoms with van der Waals surface area (Å²) in [5.74, 6) is 0. The van der Waals surface area contributed by atoms with E-state index < -0.39 is 0 Å². The van der Waals surface area contributed by atoms with Gasteiger partial charge in [0, 0.05) is 34.4 Å². The maximum Gasteiger partial charge on any atom is 0.158 e. The number of pyridine rings is 1. The molecule has 0 aliphatic heterocycles. The molecule has 0 bridgehead atoms. The largest absolute Gasteiger partial charge is 0.312 e. The third kappa shape index (κ3) is 3.98. The molecule has 0 fully saturated rings. The molecule has 3 heterocycles. The molecule has 0 spiro atoms. The van der Waals surface area contributed by atoms with E-state index in [-0.39, 0.29) is 0 Å². The molecule has 4 nitrogen and oxygen atoms in total. The van der Waals surface area contributed by atoms with Crippen molar-refractivity contribution in [3.63, 3.8) is 0 Å². The van der Waals surface area contributed by atoms with Crippen LogP contribution in [0.4, 0.5) is 0 Å². The van der Waals surface area contributed by atoms with Gasteiger partial charge in [0.15, 0.2) is 5.65 Å². The van der Waals surface area contributed by atoms with Crippen LogP contribution >= 0.6 is 27.3 Å². The van der Waals surface area contributed by atoms with Crippen LogP contribution in [-0.2, 0) is 20.0 Å². The highest BCUT2D eigenvalue weighted by Crippen LogP contribution is 2.28. The van der Waals surface area contributed by atoms with Gasteiger partial charge in [-0.15, -0.1) is 0 Å². The molecule has 4 rings (SSSR count). The van der Waals surface area contributed by atoms with Crippen molar-refractivity contribution in [3.05, 3.63) is 68.5 Å². The summed E-state index contributed by atoms with van der Waals surface area (Å²) in [6.45, 7) is 3.76. The van der Waals surface area contributed by atoms with Gasteiger partial charge >= 0.3 is 0 Å². The number of aryl methyl sites for hydroxylation is 2. The van der Waals surface area contributed by atoms with E-state index in [1.54, 1.807) is 11.3 Å². The zero-order valence-corrected chi connectivity index (χ0v) is 17.8. The molecule has 0 aliphatic rings. The van der Waals surface area contributed by atoms with Gasteiger partial charge in [0.25, 0.3) is 0 Å². The van der Waals surface area contributed by atoms with Crippen molar-refractivity contribution in [2.75, 3.05) is 6.54 Å². The number of hydrogen-bond donors (Lipinski definition) is 1. The molecule has 0 saturated heterocycles. The van der Waals surface area contributed by atoms with Crippen molar-refractivity contribution < 1.29 is 0 Å². The average molecular weight is 441 g/mol. The molecule has 0 unspecified atom stereocenters. The highest BCUT2D eigenvalue weighted by molar-refractivity contribution is 9.10. The van der Waals surface area contributed by atoms with Crippen LogP contribution in [0.5, 0.6) is 0 Å². The fraction of sp³-hybridized carbons (Fsp3) is 0.238. The van der Waals surface area contributed by atoms with Crippen LogP contribution < -0.4 is 5.32 Å². The number of aromatic nitrogens is 3. The summed E-state index contributed by atoms with van der Waals surface area (Å²) in [6, 6.07) is 12.9. The Morgan fingerprint density at radius 3 is 2.74 bits per heavy atom. The standard InChI is InChI=1S/C21H21BrN4S/c1-14-19-11-17(12-23-9-7-15-3-5-18(22)6-4-15)20(16-8-10-27-13-16)24-21(19)26(2)25-14/h3-6,8,10-11,13,23H,7,9,12H2,1-2H3. The molecule has 138 valence electrons. The first-order valence-corrected chi connectivity index (χ1v) is 10.7. The van der Waals surface area contributed by atoms with E-state index in [9.17, 15) is 0 Å². The molecular weight excluding hydrogens is 420 g/mol. The van der Waals surface area contributed by atoms with E-state index in [1.807, 2.05) is 18.7 Å². The molecule has 0 aliphatic carbocycles. The number of thiophene rings is 1. The lowest BCUT2D eigenvalue weighted by Gasteiger charge is -2.10. The molecule has 4 aromatic rings.